The van der Waals surface area contributed by atoms with Gasteiger partial charge in [-0.25, -0.2) is 15.1 Å². The largest absolute Gasteiger partial charge is 0.497 e. The van der Waals surface area contributed by atoms with E-state index in [-0.39, 0.29) is 0 Å². The first kappa shape index (κ1) is 18.7. The van der Waals surface area contributed by atoms with Gasteiger partial charge in [0.1, 0.15) is 11.5 Å². The highest BCUT2D eigenvalue weighted by atomic mass is 16.5. The first-order valence-electron chi connectivity index (χ1n) is 9.60. The van der Waals surface area contributed by atoms with Gasteiger partial charge in [-0.3, -0.25) is 0 Å². The molecule has 2 aromatic heterocycles. The fourth-order valence-electron chi connectivity index (χ4n) is 3.38. The van der Waals surface area contributed by atoms with Crippen LogP contribution in [-0.2, 0) is 0 Å². The number of nitrogens with zero attached hydrogens (tertiary/aromatic N) is 5. The number of nitrogens with one attached hydrogen (secondary N) is 1. The third-order valence-electron chi connectivity index (χ3n) is 5.01. The molecule has 0 saturated heterocycles. The van der Waals surface area contributed by atoms with E-state index in [9.17, 15) is 0 Å². The van der Waals surface area contributed by atoms with Gasteiger partial charge in [0.15, 0.2) is 5.82 Å². The molecule has 0 unspecified atom stereocenters. The van der Waals surface area contributed by atoms with Crippen LogP contribution < -0.4 is 9.47 Å². The van der Waals surface area contributed by atoms with Gasteiger partial charge < -0.3 is 9.47 Å². The van der Waals surface area contributed by atoms with E-state index in [2.05, 4.69) is 20.6 Å². The van der Waals surface area contributed by atoms with E-state index in [1.54, 1.807) is 14.2 Å². The minimum absolute atomic E-state index is 0.578. The first-order chi connectivity index (χ1) is 15.2. The van der Waals surface area contributed by atoms with Crippen molar-refractivity contribution < 1.29 is 9.47 Å². The van der Waals surface area contributed by atoms with Crippen molar-refractivity contribution in [3.63, 3.8) is 0 Å². The molecule has 0 aliphatic carbocycles. The van der Waals surface area contributed by atoms with Gasteiger partial charge in [0.2, 0.25) is 0 Å². The Kier molecular flexibility index (Phi) is 4.72. The molecule has 8 heteroatoms. The lowest BCUT2D eigenvalue weighted by molar-refractivity contribution is 0.414. The lowest BCUT2D eigenvalue weighted by Gasteiger charge is -2.12. The van der Waals surface area contributed by atoms with Gasteiger partial charge in [0.25, 0.3) is 0 Å². The number of methoxy groups -OCH3 is 2. The number of tetrazole rings is 1. The van der Waals surface area contributed by atoms with E-state index in [0.29, 0.717) is 5.82 Å². The van der Waals surface area contributed by atoms with Crippen molar-refractivity contribution in [1.29, 1.82) is 0 Å². The van der Waals surface area contributed by atoms with Crippen molar-refractivity contribution >= 4 is 11.0 Å². The Morgan fingerprint density at radius 1 is 0.645 bits per heavy atom. The fourth-order valence-corrected chi connectivity index (χ4v) is 3.38. The summed E-state index contributed by atoms with van der Waals surface area (Å²) in [4.78, 5) is 9.92. The lowest BCUT2D eigenvalue weighted by Crippen LogP contribution is -1.96. The summed E-state index contributed by atoms with van der Waals surface area (Å²) in [7, 11) is 3.29. The summed E-state index contributed by atoms with van der Waals surface area (Å²) in [6, 6.07) is 21.3. The maximum atomic E-state index is 5.30. The van der Waals surface area contributed by atoms with E-state index >= 15 is 0 Å². The molecule has 0 spiro atoms. The Hall–Kier alpha value is -4.33. The minimum Gasteiger partial charge on any atom is -0.497 e. The Bertz CT molecular complexity index is 1330. The molecule has 1 N–H and O–H groups in total. The highest BCUT2D eigenvalue weighted by Crippen LogP contribution is 2.33. The van der Waals surface area contributed by atoms with Gasteiger partial charge in [0, 0.05) is 16.7 Å². The molecule has 0 aliphatic rings. The molecule has 0 amide bonds. The van der Waals surface area contributed by atoms with Crippen LogP contribution >= 0.6 is 0 Å². The number of aromatic amines is 1. The number of fused-ring (bicyclic) bond motifs is 1. The van der Waals surface area contributed by atoms with Crippen molar-refractivity contribution in [1.82, 2.24) is 30.6 Å². The van der Waals surface area contributed by atoms with Crippen LogP contribution in [0.15, 0.2) is 66.7 Å². The SMILES string of the molecule is COc1ccc(-c2nc3ccc(-c4nnn[nH]4)cc3nc2-c2ccc(OC)cc2)cc1. The van der Waals surface area contributed by atoms with Crippen molar-refractivity contribution in [2.75, 3.05) is 14.2 Å². The van der Waals surface area contributed by atoms with Crippen LogP contribution in [0.5, 0.6) is 11.5 Å². The summed E-state index contributed by atoms with van der Waals surface area (Å²) < 4.78 is 10.6. The molecule has 0 radical (unpaired) electrons. The zero-order valence-corrected chi connectivity index (χ0v) is 16.9. The molecule has 0 fully saturated rings. The van der Waals surface area contributed by atoms with E-state index in [1.165, 1.54) is 0 Å². The molecule has 0 bridgehead atoms. The second-order valence-electron chi connectivity index (χ2n) is 6.83. The molecule has 31 heavy (non-hydrogen) atoms. The van der Waals surface area contributed by atoms with Crippen LogP contribution in [0.2, 0.25) is 0 Å². The monoisotopic (exact) mass is 410 g/mol. The molecular formula is C23H18N6O2. The quantitative estimate of drug-likeness (QED) is 0.464. The van der Waals surface area contributed by atoms with Crippen molar-refractivity contribution in [2.24, 2.45) is 0 Å². The fraction of sp³-hybridized carbons (Fsp3) is 0.0870. The molecule has 8 nitrogen and oxygen atoms in total. The topological polar surface area (TPSA) is 98.7 Å². The normalized spacial score (nSPS) is 10.9. The Morgan fingerprint density at radius 2 is 1.19 bits per heavy atom. The molecular weight excluding hydrogens is 392 g/mol. The summed E-state index contributed by atoms with van der Waals surface area (Å²) in [5.41, 5.74) is 5.81. The summed E-state index contributed by atoms with van der Waals surface area (Å²) >= 11 is 0. The average Bonchev–Trinajstić information content (AvgIpc) is 3.38. The predicted molar refractivity (Wildman–Crippen MR) is 117 cm³/mol. The third kappa shape index (κ3) is 3.55. The number of H-pyrrole nitrogens is 1. The third-order valence-corrected chi connectivity index (χ3v) is 5.01. The lowest BCUT2D eigenvalue weighted by atomic mass is 10.0. The van der Waals surface area contributed by atoms with Gasteiger partial charge >= 0.3 is 0 Å². The van der Waals surface area contributed by atoms with Crippen LogP contribution in [0.1, 0.15) is 0 Å². The molecule has 5 rings (SSSR count). The van der Waals surface area contributed by atoms with Gasteiger partial charge in [-0.2, -0.15) is 0 Å². The molecule has 152 valence electrons. The van der Waals surface area contributed by atoms with Crippen LogP contribution in [0.3, 0.4) is 0 Å². The second kappa shape index (κ2) is 7.83. The Labute approximate surface area is 177 Å². The van der Waals surface area contributed by atoms with Crippen LogP contribution in [0.4, 0.5) is 0 Å². The Balaban J connectivity index is 1.71. The highest BCUT2D eigenvalue weighted by molar-refractivity contribution is 5.88. The molecule has 3 aromatic carbocycles. The molecule has 0 saturated carbocycles. The summed E-state index contributed by atoms with van der Waals surface area (Å²) in [5, 5.41) is 14.1. The van der Waals surface area contributed by atoms with E-state index in [0.717, 1.165) is 50.6 Å². The maximum absolute atomic E-state index is 5.30. The van der Waals surface area contributed by atoms with Gasteiger partial charge in [-0.15, -0.1) is 5.10 Å². The summed E-state index contributed by atoms with van der Waals surface area (Å²) in [6.07, 6.45) is 0. The predicted octanol–water partition coefficient (Wildman–Crippen LogP) is 4.16. The van der Waals surface area contributed by atoms with E-state index in [4.69, 9.17) is 19.4 Å². The number of benzene rings is 3. The number of hydrogen-bond acceptors (Lipinski definition) is 7. The molecule has 5 aromatic rings. The van der Waals surface area contributed by atoms with E-state index < -0.39 is 0 Å². The minimum atomic E-state index is 0.578. The Morgan fingerprint density at radius 3 is 1.71 bits per heavy atom. The molecule has 0 aliphatic heterocycles. The number of rotatable bonds is 5. The molecule has 0 atom stereocenters. The van der Waals surface area contributed by atoms with E-state index in [1.807, 2.05) is 66.7 Å². The average molecular weight is 410 g/mol. The first-order valence-corrected chi connectivity index (χ1v) is 9.60. The summed E-state index contributed by atoms with van der Waals surface area (Å²) in [6.45, 7) is 0. The number of ether oxygens (including phenoxy) is 2. The van der Waals surface area contributed by atoms with Gasteiger partial charge in [-0.1, -0.05) is 0 Å². The van der Waals surface area contributed by atoms with Crippen molar-refractivity contribution in [3.8, 4) is 45.4 Å². The van der Waals surface area contributed by atoms with Gasteiger partial charge in [0.05, 0.1) is 36.6 Å². The van der Waals surface area contributed by atoms with Crippen molar-refractivity contribution in [3.05, 3.63) is 66.7 Å². The molecule has 2 heterocycles. The van der Waals surface area contributed by atoms with Crippen LogP contribution in [0, 0.1) is 0 Å². The number of hydrogen-bond donors (Lipinski definition) is 1. The number of aromatic nitrogens is 6. The van der Waals surface area contributed by atoms with Crippen LogP contribution in [0.25, 0.3) is 44.9 Å². The second-order valence-corrected chi connectivity index (χ2v) is 6.83. The zero-order chi connectivity index (χ0) is 21.2. The van der Waals surface area contributed by atoms with Gasteiger partial charge in [-0.05, 0) is 77.2 Å². The smallest absolute Gasteiger partial charge is 0.179 e. The van der Waals surface area contributed by atoms with Crippen LogP contribution in [-0.4, -0.2) is 44.8 Å². The highest BCUT2D eigenvalue weighted by Gasteiger charge is 2.15. The maximum Gasteiger partial charge on any atom is 0.179 e. The zero-order valence-electron chi connectivity index (χ0n) is 16.9. The van der Waals surface area contributed by atoms with Crippen molar-refractivity contribution in [2.45, 2.75) is 0 Å². The standard InChI is InChI=1S/C23H18N6O2/c1-30-17-8-3-14(4-9-17)21-22(15-5-10-18(31-2)11-6-15)25-20-13-16(7-12-19(20)24-21)23-26-28-29-27-23/h3-13H,1-2H3,(H,26,27,28,29). The summed E-state index contributed by atoms with van der Waals surface area (Å²) in [5.74, 6) is 2.14.